The molecular formula is C12H8SSe2. The molecule has 0 aliphatic rings. The van der Waals surface area contributed by atoms with Crippen molar-refractivity contribution in [2.75, 3.05) is 0 Å². The molecule has 0 radical (unpaired) electrons. The van der Waals surface area contributed by atoms with E-state index in [1.165, 1.54) is 19.3 Å². The van der Waals surface area contributed by atoms with Crippen LogP contribution in [0.5, 0.6) is 0 Å². The van der Waals surface area contributed by atoms with E-state index < -0.39 is 0 Å². The molecule has 3 aromatic rings. The zero-order chi connectivity index (χ0) is 10.1. The van der Waals surface area contributed by atoms with Gasteiger partial charge in [-0.3, -0.25) is 0 Å². The third kappa shape index (κ3) is 1.87. The van der Waals surface area contributed by atoms with Crippen molar-refractivity contribution in [3.8, 4) is 19.3 Å². The summed E-state index contributed by atoms with van der Waals surface area (Å²) in [5.41, 5.74) is 1.47. The van der Waals surface area contributed by atoms with E-state index in [4.69, 9.17) is 0 Å². The fraction of sp³-hybridized carbons (Fsp3) is 0. The van der Waals surface area contributed by atoms with Gasteiger partial charge < -0.3 is 0 Å². The monoisotopic (exact) mass is 344 g/mol. The number of rotatable bonds is 2. The molecule has 0 N–H and O–H groups in total. The van der Waals surface area contributed by atoms with Gasteiger partial charge in [-0.2, -0.15) is 0 Å². The quantitative estimate of drug-likeness (QED) is 0.628. The first-order chi connectivity index (χ1) is 7.45. The van der Waals surface area contributed by atoms with Gasteiger partial charge >= 0.3 is 105 Å². The van der Waals surface area contributed by atoms with Crippen molar-refractivity contribution in [1.82, 2.24) is 0 Å². The average molecular weight is 342 g/mol. The van der Waals surface area contributed by atoms with Crippen molar-refractivity contribution in [3.05, 3.63) is 45.6 Å². The van der Waals surface area contributed by atoms with Crippen LogP contribution < -0.4 is 0 Å². The molecule has 0 atom stereocenters. The SMILES string of the molecule is c1c[se]c(-c2ccsc2-c2ccc[se]2)c1. The Balaban J connectivity index is 2.15. The van der Waals surface area contributed by atoms with Crippen LogP contribution in [0.2, 0.25) is 0 Å². The van der Waals surface area contributed by atoms with Crippen LogP contribution in [0.3, 0.4) is 0 Å². The van der Waals surface area contributed by atoms with Crippen LogP contribution in [-0.4, -0.2) is 29.0 Å². The molecule has 3 aromatic heterocycles. The molecule has 0 fully saturated rings. The maximum absolute atomic E-state index is 2.29. The third-order valence-corrected chi connectivity index (χ3v) is 7.19. The van der Waals surface area contributed by atoms with Crippen molar-refractivity contribution in [2.24, 2.45) is 0 Å². The molecule has 0 aliphatic heterocycles. The number of thiophene rings is 1. The molecule has 0 aromatic carbocycles. The minimum absolute atomic E-state index is 0.551. The summed E-state index contributed by atoms with van der Waals surface area (Å²) < 4.78 is 3.07. The van der Waals surface area contributed by atoms with E-state index in [-0.39, 0.29) is 0 Å². The fourth-order valence-corrected chi connectivity index (χ4v) is 6.07. The van der Waals surface area contributed by atoms with Crippen LogP contribution >= 0.6 is 11.3 Å². The van der Waals surface area contributed by atoms with E-state index in [9.17, 15) is 0 Å². The summed E-state index contributed by atoms with van der Waals surface area (Å²) in [5.74, 6) is 0. The van der Waals surface area contributed by atoms with Gasteiger partial charge in [0.2, 0.25) is 0 Å². The zero-order valence-corrected chi connectivity index (χ0v) is 12.1. The molecule has 0 bridgehead atoms. The molecule has 0 saturated carbocycles. The van der Waals surface area contributed by atoms with Gasteiger partial charge in [0.15, 0.2) is 0 Å². The van der Waals surface area contributed by atoms with Gasteiger partial charge in [0.1, 0.15) is 0 Å². The van der Waals surface area contributed by atoms with Crippen LogP contribution in [0.15, 0.2) is 45.6 Å². The molecule has 0 nitrogen and oxygen atoms in total. The molecular weight excluding hydrogens is 334 g/mol. The number of hydrogen-bond donors (Lipinski definition) is 0. The topological polar surface area (TPSA) is 0 Å². The van der Waals surface area contributed by atoms with Crippen LogP contribution in [0.1, 0.15) is 0 Å². The predicted molar refractivity (Wildman–Crippen MR) is 69.1 cm³/mol. The van der Waals surface area contributed by atoms with Gasteiger partial charge in [-0.1, -0.05) is 0 Å². The summed E-state index contributed by atoms with van der Waals surface area (Å²) in [5, 5.41) is 2.22. The van der Waals surface area contributed by atoms with Crippen LogP contribution in [0, 0.1) is 0 Å². The first-order valence-corrected chi connectivity index (χ1v) is 9.17. The summed E-state index contributed by atoms with van der Waals surface area (Å²) in [6.07, 6.45) is 0. The molecule has 0 unspecified atom stereocenters. The molecule has 15 heavy (non-hydrogen) atoms. The van der Waals surface area contributed by atoms with Crippen LogP contribution in [-0.2, 0) is 0 Å². The Morgan fingerprint density at radius 3 is 2.27 bits per heavy atom. The van der Waals surface area contributed by atoms with Crippen molar-refractivity contribution in [2.45, 2.75) is 0 Å². The Kier molecular flexibility index (Phi) is 2.83. The van der Waals surface area contributed by atoms with Gasteiger partial charge in [-0.25, -0.2) is 0 Å². The van der Waals surface area contributed by atoms with Crippen molar-refractivity contribution < 1.29 is 0 Å². The summed E-state index contributed by atoms with van der Waals surface area (Å²) in [7, 11) is 0. The summed E-state index contributed by atoms with van der Waals surface area (Å²) in [4.78, 5) is 6.07. The third-order valence-electron chi connectivity index (χ3n) is 2.20. The molecule has 3 heterocycles. The second-order valence-corrected chi connectivity index (χ2v) is 8.01. The molecule has 0 saturated heterocycles. The summed E-state index contributed by atoms with van der Waals surface area (Å²) >= 11 is 2.99. The molecule has 0 amide bonds. The van der Waals surface area contributed by atoms with Crippen LogP contribution in [0.4, 0.5) is 0 Å². The van der Waals surface area contributed by atoms with Crippen LogP contribution in [0.25, 0.3) is 19.3 Å². The maximum atomic E-state index is 2.29. The normalized spacial score (nSPS) is 10.7. The Labute approximate surface area is 105 Å². The summed E-state index contributed by atoms with van der Waals surface area (Å²) in [6.45, 7) is 0. The molecule has 0 aliphatic carbocycles. The fourth-order valence-electron chi connectivity index (χ4n) is 1.53. The van der Waals surface area contributed by atoms with E-state index in [0.717, 1.165) is 0 Å². The zero-order valence-electron chi connectivity index (χ0n) is 7.84. The minimum atomic E-state index is 0.551. The summed E-state index contributed by atoms with van der Waals surface area (Å²) in [6, 6.07) is 11.2. The standard InChI is InChI=1S/C12H8SSe2/c1-3-10(14-7-1)9-5-6-13-12(9)11-4-2-8-15-11/h1-8H. The van der Waals surface area contributed by atoms with E-state index in [1.54, 1.807) is 0 Å². The Hall–Kier alpha value is -0.301. The predicted octanol–water partition coefficient (Wildman–Crippen LogP) is 3.20. The Morgan fingerprint density at radius 2 is 1.60 bits per heavy atom. The molecule has 3 rings (SSSR count). The van der Waals surface area contributed by atoms with Gasteiger partial charge in [0.25, 0.3) is 0 Å². The van der Waals surface area contributed by atoms with Gasteiger partial charge in [0.05, 0.1) is 0 Å². The molecule has 74 valence electrons. The van der Waals surface area contributed by atoms with Gasteiger partial charge in [-0.05, 0) is 0 Å². The van der Waals surface area contributed by atoms with Crippen molar-refractivity contribution in [3.63, 3.8) is 0 Å². The second-order valence-electron chi connectivity index (χ2n) is 3.12. The van der Waals surface area contributed by atoms with E-state index >= 15 is 0 Å². The molecule has 0 spiro atoms. The Morgan fingerprint density at radius 1 is 0.867 bits per heavy atom. The number of hydrogen-bond acceptors (Lipinski definition) is 1. The van der Waals surface area contributed by atoms with E-state index in [2.05, 4.69) is 45.6 Å². The van der Waals surface area contributed by atoms with Crippen molar-refractivity contribution in [1.29, 1.82) is 0 Å². The van der Waals surface area contributed by atoms with Gasteiger partial charge in [0, 0.05) is 0 Å². The second kappa shape index (κ2) is 4.29. The molecule has 3 heteroatoms. The van der Waals surface area contributed by atoms with Gasteiger partial charge in [-0.15, -0.1) is 0 Å². The Bertz CT molecular complexity index is 483. The van der Waals surface area contributed by atoms with E-state index in [0.29, 0.717) is 29.0 Å². The first kappa shape index (κ1) is 9.89. The van der Waals surface area contributed by atoms with E-state index in [1.807, 2.05) is 11.3 Å². The average Bonchev–Trinajstić information content (AvgIpc) is 3.01. The first-order valence-electron chi connectivity index (χ1n) is 4.60. The van der Waals surface area contributed by atoms with Crippen molar-refractivity contribution >= 4 is 40.3 Å².